The monoisotopic (exact) mass is 776 g/mol. The molecule has 0 N–H and O–H groups in total. The molecule has 284 valence electrons. The average molecular weight is 777 g/mol. The molecule has 12 rings (SSSR count). The molecule has 0 aliphatic rings. The van der Waals surface area contributed by atoms with Crippen LogP contribution in [0.3, 0.4) is 0 Å². The largest absolute Gasteiger partial charge is 0.437 e. The molecule has 0 unspecified atom stereocenters. The third-order valence-corrected chi connectivity index (χ3v) is 12.1. The fraction of sp³-hybridized carbons (Fsp3) is 0. The first-order valence-corrected chi connectivity index (χ1v) is 20.7. The molecule has 61 heavy (non-hydrogen) atoms. The number of nitrogens with zero attached hydrogens (tertiary/aromatic N) is 2. The van der Waals surface area contributed by atoms with Crippen molar-refractivity contribution in [3.8, 4) is 67.2 Å². The predicted octanol–water partition coefficient (Wildman–Crippen LogP) is 15.8. The highest BCUT2D eigenvalue weighted by molar-refractivity contribution is 6.31. The molecule has 0 aliphatic carbocycles. The Morgan fingerprint density at radius 3 is 1.41 bits per heavy atom. The summed E-state index contributed by atoms with van der Waals surface area (Å²) in [5, 5.41) is 8.69. The van der Waals surface area contributed by atoms with E-state index < -0.39 is 0 Å². The number of benzene rings is 10. The summed E-state index contributed by atoms with van der Waals surface area (Å²) in [6.07, 6.45) is 0. The lowest BCUT2D eigenvalue weighted by Crippen LogP contribution is -1.95. The fourth-order valence-corrected chi connectivity index (χ4v) is 9.16. The second kappa shape index (κ2) is 14.3. The van der Waals surface area contributed by atoms with Crippen LogP contribution in [0.25, 0.3) is 122 Å². The van der Waals surface area contributed by atoms with Gasteiger partial charge < -0.3 is 4.42 Å². The van der Waals surface area contributed by atoms with Crippen LogP contribution in [-0.4, -0.2) is 9.97 Å². The van der Waals surface area contributed by atoms with E-state index in [4.69, 9.17) is 14.4 Å². The van der Waals surface area contributed by atoms with Crippen LogP contribution < -0.4 is 0 Å². The number of furan rings is 1. The summed E-state index contributed by atoms with van der Waals surface area (Å²) in [6, 6.07) is 77.7. The van der Waals surface area contributed by atoms with Crippen molar-refractivity contribution in [3.63, 3.8) is 0 Å². The molecule has 2 heterocycles. The first kappa shape index (κ1) is 34.9. The van der Waals surface area contributed by atoms with E-state index in [0.29, 0.717) is 11.5 Å². The van der Waals surface area contributed by atoms with E-state index in [1.54, 1.807) is 0 Å². The second-order valence-electron chi connectivity index (χ2n) is 15.7. The van der Waals surface area contributed by atoms with Crippen molar-refractivity contribution in [1.82, 2.24) is 9.97 Å². The van der Waals surface area contributed by atoms with E-state index in [1.807, 2.05) is 0 Å². The quantitative estimate of drug-likeness (QED) is 0.158. The van der Waals surface area contributed by atoms with Gasteiger partial charge in [0.25, 0.3) is 0 Å². The van der Waals surface area contributed by atoms with Crippen LogP contribution in [0.5, 0.6) is 0 Å². The number of hydrogen-bond donors (Lipinski definition) is 0. The molecule has 12 aromatic rings. The lowest BCUT2D eigenvalue weighted by Gasteiger charge is -2.13. The van der Waals surface area contributed by atoms with E-state index >= 15 is 0 Å². The molecule has 0 radical (unpaired) electrons. The summed E-state index contributed by atoms with van der Waals surface area (Å²) in [5.41, 5.74) is 13.5. The molecule has 0 saturated heterocycles. The summed E-state index contributed by atoms with van der Waals surface area (Å²) in [5.74, 6) is 0.631. The first-order chi connectivity index (χ1) is 30.2. The van der Waals surface area contributed by atoms with Gasteiger partial charge in [-0.15, -0.1) is 0 Å². The third kappa shape index (κ3) is 5.98. The molecule has 0 aliphatic heterocycles. The summed E-state index contributed by atoms with van der Waals surface area (Å²) in [6.45, 7) is 0. The van der Waals surface area contributed by atoms with Crippen LogP contribution in [0, 0.1) is 0 Å². The molecule has 3 nitrogen and oxygen atoms in total. The fourth-order valence-electron chi connectivity index (χ4n) is 9.16. The van der Waals surface area contributed by atoms with Gasteiger partial charge in [-0.1, -0.05) is 188 Å². The number of aromatic nitrogens is 2. The van der Waals surface area contributed by atoms with E-state index in [1.165, 1.54) is 33.2 Å². The van der Waals surface area contributed by atoms with Gasteiger partial charge in [-0.2, -0.15) is 4.98 Å². The van der Waals surface area contributed by atoms with E-state index in [-0.39, 0.29) is 0 Å². The Morgan fingerprint density at radius 1 is 0.295 bits per heavy atom. The zero-order chi connectivity index (χ0) is 40.3. The number of fused-ring (bicyclic) bond motifs is 9. The third-order valence-electron chi connectivity index (χ3n) is 12.1. The predicted molar refractivity (Wildman–Crippen MR) is 254 cm³/mol. The molecule has 0 bridgehead atoms. The topological polar surface area (TPSA) is 38.9 Å². The van der Waals surface area contributed by atoms with E-state index in [9.17, 15) is 0 Å². The van der Waals surface area contributed by atoms with Crippen LogP contribution in [-0.2, 0) is 0 Å². The SMILES string of the molecule is c1ccc(-c2cc(-c3ccccc3)cc(-c3cccc(-c4cccc(-c5nc(-c6cccc7ccccc67)nc6oc7c8ccccc8c8ccccc8c7c56)c4)c3)c2)cc1. The van der Waals surface area contributed by atoms with Crippen molar-refractivity contribution < 1.29 is 4.42 Å². The van der Waals surface area contributed by atoms with Gasteiger partial charge in [0.05, 0.1) is 11.1 Å². The number of hydrogen-bond acceptors (Lipinski definition) is 3. The molecule has 0 spiro atoms. The van der Waals surface area contributed by atoms with Crippen molar-refractivity contribution in [2.45, 2.75) is 0 Å². The van der Waals surface area contributed by atoms with Gasteiger partial charge in [0.1, 0.15) is 5.58 Å². The minimum Gasteiger partial charge on any atom is -0.437 e. The normalized spacial score (nSPS) is 11.6. The van der Waals surface area contributed by atoms with Crippen molar-refractivity contribution >= 4 is 54.4 Å². The van der Waals surface area contributed by atoms with Crippen LogP contribution in [0.15, 0.2) is 223 Å². The van der Waals surface area contributed by atoms with Gasteiger partial charge in [0.2, 0.25) is 5.71 Å². The minimum absolute atomic E-state index is 0.573. The summed E-state index contributed by atoms with van der Waals surface area (Å²) < 4.78 is 6.92. The molecule has 0 amide bonds. The van der Waals surface area contributed by atoms with Gasteiger partial charge >= 0.3 is 0 Å². The maximum Gasteiger partial charge on any atom is 0.231 e. The van der Waals surface area contributed by atoms with Gasteiger partial charge in [-0.25, -0.2) is 4.98 Å². The lowest BCUT2D eigenvalue weighted by atomic mass is 9.91. The zero-order valence-corrected chi connectivity index (χ0v) is 33.1. The first-order valence-electron chi connectivity index (χ1n) is 20.7. The molecular weight excluding hydrogens is 741 g/mol. The smallest absolute Gasteiger partial charge is 0.231 e. The maximum absolute atomic E-state index is 6.92. The van der Waals surface area contributed by atoms with Crippen molar-refractivity contribution in [1.29, 1.82) is 0 Å². The molecule has 0 atom stereocenters. The van der Waals surface area contributed by atoms with Crippen LogP contribution >= 0.6 is 0 Å². The van der Waals surface area contributed by atoms with Crippen LogP contribution in [0.4, 0.5) is 0 Å². The van der Waals surface area contributed by atoms with Crippen molar-refractivity contribution in [2.24, 2.45) is 0 Å². The average Bonchev–Trinajstić information content (AvgIpc) is 3.74. The summed E-state index contributed by atoms with van der Waals surface area (Å²) >= 11 is 0. The highest BCUT2D eigenvalue weighted by atomic mass is 16.3. The molecular formula is C58H36N2O. The number of rotatable bonds is 6. The molecule has 0 saturated carbocycles. The van der Waals surface area contributed by atoms with Crippen LogP contribution in [0.1, 0.15) is 0 Å². The van der Waals surface area contributed by atoms with Crippen molar-refractivity contribution in [2.75, 3.05) is 0 Å². The van der Waals surface area contributed by atoms with Gasteiger partial charge in [-0.3, -0.25) is 0 Å². The van der Waals surface area contributed by atoms with Crippen LogP contribution in [0.2, 0.25) is 0 Å². The lowest BCUT2D eigenvalue weighted by molar-refractivity contribution is 0.657. The van der Waals surface area contributed by atoms with Gasteiger partial charge in [0, 0.05) is 21.9 Å². The Balaban J connectivity index is 1.07. The highest BCUT2D eigenvalue weighted by Gasteiger charge is 2.23. The highest BCUT2D eigenvalue weighted by Crippen LogP contribution is 2.45. The molecule has 2 aromatic heterocycles. The van der Waals surface area contributed by atoms with Crippen molar-refractivity contribution in [3.05, 3.63) is 218 Å². The Bertz CT molecular complexity index is 3580. The Hall–Kier alpha value is -8.14. The summed E-state index contributed by atoms with van der Waals surface area (Å²) in [4.78, 5) is 10.7. The summed E-state index contributed by atoms with van der Waals surface area (Å²) in [7, 11) is 0. The Labute approximate surface area is 352 Å². The van der Waals surface area contributed by atoms with Gasteiger partial charge in [-0.05, 0) is 102 Å². The standard InChI is InChI=1S/C58H36N2O/c1-3-16-37(17-4-1)44-34-45(38-18-5-2-6-19-38)36-46(35-44)42-24-13-22-40(32-42)41-23-14-25-43(33-41)55-54-53-50-29-11-9-27-48(50)49-28-10-12-30-51(49)56(53)61-58(54)60-57(59-55)52-31-15-21-39-20-7-8-26-47(39)52/h1-36H. The molecule has 3 heteroatoms. The second-order valence-corrected chi connectivity index (χ2v) is 15.7. The Morgan fingerprint density at radius 2 is 0.738 bits per heavy atom. The van der Waals surface area contributed by atoms with E-state index in [0.717, 1.165) is 76.8 Å². The van der Waals surface area contributed by atoms with Gasteiger partial charge in [0.15, 0.2) is 5.82 Å². The maximum atomic E-state index is 6.92. The Kier molecular flexibility index (Phi) is 8.17. The molecule has 10 aromatic carbocycles. The van der Waals surface area contributed by atoms with E-state index in [2.05, 4.69) is 218 Å². The zero-order valence-electron chi connectivity index (χ0n) is 33.1. The minimum atomic E-state index is 0.573. The molecule has 0 fully saturated rings.